The zero-order valence-electron chi connectivity index (χ0n) is 9.86. The molecule has 0 aromatic carbocycles. The van der Waals surface area contributed by atoms with Crippen molar-refractivity contribution in [2.24, 2.45) is 0 Å². The van der Waals surface area contributed by atoms with E-state index in [1.54, 1.807) is 0 Å². The van der Waals surface area contributed by atoms with Crippen LogP contribution in [0.25, 0.3) is 0 Å². The maximum absolute atomic E-state index is 2.83. The first-order valence-electron chi connectivity index (χ1n) is 4.97. The third-order valence-electron chi connectivity index (χ3n) is 2.07. The Hall–Kier alpha value is 0.459. The van der Waals surface area contributed by atoms with Crippen molar-refractivity contribution in [1.82, 2.24) is 4.14 Å². The molecule has 0 N–H and O–H groups in total. The van der Waals surface area contributed by atoms with Crippen molar-refractivity contribution >= 4 is 23.9 Å². The van der Waals surface area contributed by atoms with Gasteiger partial charge in [-0.2, -0.15) is 0 Å². The Bertz CT molecular complexity index is 123. The molecule has 0 heterocycles. The van der Waals surface area contributed by atoms with Crippen molar-refractivity contribution in [2.45, 2.75) is 52.5 Å². The van der Waals surface area contributed by atoms with E-state index < -0.39 is 16.5 Å². The highest BCUT2D eigenvalue weighted by atomic mass is 28.4. The SMILES string of the molecule is CCBN([Si](C)(C)C)[Si](C)(C)C. The fraction of sp³-hybridized carbons (Fsp3) is 1.00. The summed E-state index contributed by atoms with van der Waals surface area (Å²) in [5.41, 5.74) is 0. The van der Waals surface area contributed by atoms with Crippen LogP contribution in [0.4, 0.5) is 0 Å². The van der Waals surface area contributed by atoms with E-state index in [4.69, 9.17) is 0 Å². The molecule has 0 aromatic heterocycles. The Balaban J connectivity index is 4.45. The zero-order chi connectivity index (χ0) is 9.99. The number of hydrogen-bond donors (Lipinski definition) is 0. The molecule has 0 aromatic rings. The maximum Gasteiger partial charge on any atom is 0.189 e. The first-order chi connectivity index (χ1) is 5.19. The van der Waals surface area contributed by atoms with E-state index in [1.807, 2.05) is 0 Å². The molecule has 0 atom stereocenters. The summed E-state index contributed by atoms with van der Waals surface area (Å²) in [6, 6.07) is 0. The monoisotopic (exact) mass is 201 g/mol. The number of rotatable bonds is 4. The predicted molar refractivity (Wildman–Crippen MR) is 66.2 cm³/mol. The van der Waals surface area contributed by atoms with E-state index >= 15 is 0 Å². The summed E-state index contributed by atoms with van der Waals surface area (Å²) in [6.07, 6.45) is 1.30. The molecule has 0 aliphatic heterocycles. The van der Waals surface area contributed by atoms with Crippen LogP contribution in [-0.4, -0.2) is 28.0 Å². The van der Waals surface area contributed by atoms with Gasteiger partial charge in [0.25, 0.3) is 0 Å². The molecule has 0 radical (unpaired) electrons. The third kappa shape index (κ3) is 3.92. The maximum atomic E-state index is 2.83. The van der Waals surface area contributed by atoms with E-state index in [-0.39, 0.29) is 0 Å². The summed E-state index contributed by atoms with van der Waals surface area (Å²) in [5, 5.41) is 0. The second-order valence-corrected chi connectivity index (χ2v) is 15.7. The third-order valence-corrected chi connectivity index (χ3v) is 9.78. The van der Waals surface area contributed by atoms with Crippen LogP contribution < -0.4 is 0 Å². The molecular weight excluding hydrogens is 177 g/mol. The van der Waals surface area contributed by atoms with Crippen molar-refractivity contribution in [3.05, 3.63) is 0 Å². The highest BCUT2D eigenvalue weighted by molar-refractivity contribution is 6.96. The van der Waals surface area contributed by atoms with Crippen LogP contribution >= 0.6 is 0 Å². The molecule has 0 aliphatic carbocycles. The van der Waals surface area contributed by atoms with Gasteiger partial charge in [0.1, 0.15) is 16.5 Å². The Kier molecular flexibility index (Phi) is 4.27. The van der Waals surface area contributed by atoms with Gasteiger partial charge in [0.2, 0.25) is 0 Å². The van der Waals surface area contributed by atoms with E-state index in [0.717, 1.165) is 0 Å². The van der Waals surface area contributed by atoms with Crippen LogP contribution in [0.5, 0.6) is 0 Å². The van der Waals surface area contributed by atoms with Crippen LogP contribution in [0.15, 0.2) is 0 Å². The van der Waals surface area contributed by atoms with E-state index in [0.29, 0.717) is 0 Å². The molecule has 0 rings (SSSR count). The lowest BCUT2D eigenvalue weighted by molar-refractivity contribution is 0.941. The van der Waals surface area contributed by atoms with Gasteiger partial charge >= 0.3 is 0 Å². The van der Waals surface area contributed by atoms with E-state index in [2.05, 4.69) is 50.3 Å². The summed E-state index contributed by atoms with van der Waals surface area (Å²) in [5.74, 6) is 0. The van der Waals surface area contributed by atoms with Crippen molar-refractivity contribution in [1.29, 1.82) is 0 Å². The molecule has 0 bridgehead atoms. The molecular formula is C8H24BNSi2. The van der Waals surface area contributed by atoms with Gasteiger partial charge in [-0.15, -0.1) is 0 Å². The number of hydrogen-bond acceptors (Lipinski definition) is 1. The standard InChI is InChI=1S/C8H24BNSi2/c1-8-9-10(11(2,3)4)12(5,6)7/h9H,8H2,1-7H3. The normalized spacial score (nSPS) is 13.7. The Morgan fingerprint density at radius 3 is 1.33 bits per heavy atom. The average Bonchev–Trinajstić information content (AvgIpc) is 1.77. The minimum atomic E-state index is -1.05. The van der Waals surface area contributed by atoms with E-state index in [1.165, 1.54) is 13.7 Å². The van der Waals surface area contributed by atoms with Gasteiger partial charge in [0, 0.05) is 0 Å². The first-order valence-corrected chi connectivity index (χ1v) is 11.9. The lowest BCUT2D eigenvalue weighted by Crippen LogP contribution is -2.60. The van der Waals surface area contributed by atoms with Crippen LogP contribution in [-0.2, 0) is 0 Å². The highest BCUT2D eigenvalue weighted by Crippen LogP contribution is 2.18. The Morgan fingerprint density at radius 2 is 1.25 bits per heavy atom. The smallest absolute Gasteiger partial charge is 0.189 e. The fourth-order valence-corrected chi connectivity index (χ4v) is 11.7. The quantitative estimate of drug-likeness (QED) is 0.632. The Labute approximate surface area is 81.0 Å². The van der Waals surface area contributed by atoms with Crippen LogP contribution in [0.3, 0.4) is 0 Å². The van der Waals surface area contributed by atoms with Crippen molar-refractivity contribution in [3.63, 3.8) is 0 Å². The van der Waals surface area contributed by atoms with Gasteiger partial charge < -0.3 is 4.14 Å². The summed E-state index contributed by atoms with van der Waals surface area (Å²) in [7, 11) is -0.785. The second kappa shape index (κ2) is 4.11. The van der Waals surface area contributed by atoms with Gasteiger partial charge in [-0.25, -0.2) is 0 Å². The minimum Gasteiger partial charge on any atom is -0.391 e. The molecule has 0 amide bonds. The topological polar surface area (TPSA) is 3.24 Å². The highest BCUT2D eigenvalue weighted by Gasteiger charge is 2.33. The second-order valence-electron chi connectivity index (χ2n) is 5.49. The average molecular weight is 201 g/mol. The van der Waals surface area contributed by atoms with Gasteiger partial charge in [-0.05, 0) is 0 Å². The summed E-state index contributed by atoms with van der Waals surface area (Å²) < 4.78 is 2.83. The lowest BCUT2D eigenvalue weighted by Gasteiger charge is -2.43. The zero-order valence-corrected chi connectivity index (χ0v) is 11.9. The molecule has 4 heteroatoms. The van der Waals surface area contributed by atoms with Gasteiger partial charge in [0.15, 0.2) is 7.41 Å². The summed E-state index contributed by atoms with van der Waals surface area (Å²) in [6.45, 7) is 17.0. The van der Waals surface area contributed by atoms with Crippen LogP contribution in [0.1, 0.15) is 6.92 Å². The van der Waals surface area contributed by atoms with Crippen LogP contribution in [0, 0.1) is 0 Å². The molecule has 12 heavy (non-hydrogen) atoms. The van der Waals surface area contributed by atoms with Crippen molar-refractivity contribution in [2.75, 3.05) is 0 Å². The van der Waals surface area contributed by atoms with Gasteiger partial charge in [-0.1, -0.05) is 52.5 Å². The Morgan fingerprint density at radius 1 is 0.917 bits per heavy atom. The molecule has 0 spiro atoms. The van der Waals surface area contributed by atoms with Gasteiger partial charge in [0.05, 0.1) is 0 Å². The lowest BCUT2D eigenvalue weighted by atomic mass is 9.93. The molecule has 72 valence electrons. The molecule has 0 aliphatic rings. The minimum absolute atomic E-state index is 1.05. The number of nitrogens with zero attached hydrogens (tertiary/aromatic N) is 1. The summed E-state index contributed by atoms with van der Waals surface area (Å²) in [4.78, 5) is 0. The van der Waals surface area contributed by atoms with Crippen molar-refractivity contribution in [3.8, 4) is 0 Å². The fourth-order valence-electron chi connectivity index (χ4n) is 1.90. The molecule has 0 fully saturated rings. The van der Waals surface area contributed by atoms with E-state index in [9.17, 15) is 0 Å². The molecule has 0 unspecified atom stereocenters. The predicted octanol–water partition coefficient (Wildman–Crippen LogP) is 2.75. The molecule has 1 nitrogen and oxygen atoms in total. The van der Waals surface area contributed by atoms with Crippen molar-refractivity contribution < 1.29 is 0 Å². The van der Waals surface area contributed by atoms with Gasteiger partial charge in [-0.3, -0.25) is 0 Å². The summed E-state index contributed by atoms with van der Waals surface area (Å²) >= 11 is 0. The molecule has 0 saturated heterocycles. The molecule has 0 saturated carbocycles. The van der Waals surface area contributed by atoms with Crippen LogP contribution in [0.2, 0.25) is 45.6 Å². The largest absolute Gasteiger partial charge is 0.391 e. The first kappa shape index (κ1) is 12.5.